The van der Waals surface area contributed by atoms with Gasteiger partial charge in [0.25, 0.3) is 0 Å². The lowest BCUT2D eigenvalue weighted by Gasteiger charge is -2.23. The fourth-order valence-electron chi connectivity index (χ4n) is 2.47. The van der Waals surface area contributed by atoms with E-state index < -0.39 is 4.92 Å². The number of nitrogens with zero attached hydrogens (tertiary/aromatic N) is 6. The Bertz CT molecular complexity index is 674. The average Bonchev–Trinajstić information content (AvgIpc) is 2.93. The number of aromatic nitrogens is 4. The molecule has 0 spiro atoms. The van der Waals surface area contributed by atoms with Gasteiger partial charge < -0.3 is 10.2 Å². The third-order valence-electron chi connectivity index (χ3n) is 3.57. The summed E-state index contributed by atoms with van der Waals surface area (Å²) in [6.45, 7) is 2.15. The molecule has 2 rings (SSSR count). The van der Waals surface area contributed by atoms with Gasteiger partial charge in [-0.05, 0) is 21.0 Å². The van der Waals surface area contributed by atoms with Crippen molar-refractivity contribution in [2.75, 3.05) is 26.0 Å². The molecule has 1 N–H and O–H groups in total. The van der Waals surface area contributed by atoms with Crippen molar-refractivity contribution in [1.29, 1.82) is 0 Å². The first-order valence-electron chi connectivity index (χ1n) is 6.88. The molecule has 2 heterocycles. The summed E-state index contributed by atoms with van der Waals surface area (Å²) in [6.07, 6.45) is 3.74. The van der Waals surface area contributed by atoms with Crippen molar-refractivity contribution in [3.63, 3.8) is 0 Å². The molecule has 0 aliphatic heterocycles. The first kappa shape index (κ1) is 16.0. The number of nitrogens with one attached hydrogen (secondary N) is 1. The highest BCUT2D eigenvalue weighted by Gasteiger charge is 2.25. The summed E-state index contributed by atoms with van der Waals surface area (Å²) in [5, 5.41) is 22.6. The van der Waals surface area contributed by atoms with Crippen LogP contribution in [-0.2, 0) is 14.1 Å². The van der Waals surface area contributed by atoms with Crippen molar-refractivity contribution in [2.24, 2.45) is 14.1 Å². The fourth-order valence-corrected chi connectivity index (χ4v) is 2.47. The lowest BCUT2D eigenvalue weighted by Crippen LogP contribution is -2.27. The van der Waals surface area contributed by atoms with Crippen molar-refractivity contribution in [1.82, 2.24) is 24.5 Å². The zero-order valence-corrected chi connectivity index (χ0v) is 13.4. The van der Waals surface area contributed by atoms with Gasteiger partial charge in [-0.2, -0.15) is 10.2 Å². The molecule has 0 fully saturated rings. The van der Waals surface area contributed by atoms with Gasteiger partial charge in [0, 0.05) is 32.4 Å². The maximum atomic E-state index is 11.2. The van der Waals surface area contributed by atoms with Crippen molar-refractivity contribution >= 4 is 11.5 Å². The molecule has 0 bridgehead atoms. The highest BCUT2D eigenvalue weighted by molar-refractivity contribution is 5.59. The van der Waals surface area contributed by atoms with Crippen molar-refractivity contribution in [3.05, 3.63) is 33.8 Å². The highest BCUT2D eigenvalue weighted by atomic mass is 16.6. The molecular formula is C13H21N7O2. The summed E-state index contributed by atoms with van der Waals surface area (Å²) >= 11 is 0. The summed E-state index contributed by atoms with van der Waals surface area (Å²) in [4.78, 5) is 12.8. The van der Waals surface area contributed by atoms with E-state index in [9.17, 15) is 10.1 Å². The van der Waals surface area contributed by atoms with Gasteiger partial charge >= 0.3 is 5.69 Å². The molecule has 1 atom stereocenters. The summed E-state index contributed by atoms with van der Waals surface area (Å²) < 4.78 is 3.24. The van der Waals surface area contributed by atoms with E-state index in [-0.39, 0.29) is 11.7 Å². The summed E-state index contributed by atoms with van der Waals surface area (Å²) in [5.74, 6) is 0.415. The van der Waals surface area contributed by atoms with Crippen LogP contribution in [-0.4, -0.2) is 50.0 Å². The Morgan fingerprint density at radius 3 is 2.64 bits per heavy atom. The molecular weight excluding hydrogens is 286 g/mol. The Morgan fingerprint density at radius 2 is 2.14 bits per heavy atom. The number of likely N-dealkylation sites (N-methyl/N-ethyl adjacent to an activating group) is 1. The topological polar surface area (TPSA) is 94.1 Å². The Hall–Kier alpha value is -2.42. The molecule has 2 aromatic heterocycles. The SMILES string of the molecule is Cc1nn(C)c(NCC(c2cnn(C)c2)N(C)C)c1[N+](=O)[O-]. The minimum Gasteiger partial charge on any atom is -0.363 e. The molecule has 0 saturated carbocycles. The lowest BCUT2D eigenvalue weighted by molar-refractivity contribution is -0.384. The van der Waals surface area contributed by atoms with Crippen LogP contribution in [0.3, 0.4) is 0 Å². The minimum absolute atomic E-state index is 0.0196. The van der Waals surface area contributed by atoms with E-state index in [1.165, 1.54) is 4.68 Å². The first-order valence-corrected chi connectivity index (χ1v) is 6.88. The van der Waals surface area contributed by atoms with Gasteiger partial charge in [-0.3, -0.25) is 14.8 Å². The summed E-state index contributed by atoms with van der Waals surface area (Å²) in [7, 11) is 7.47. The summed E-state index contributed by atoms with van der Waals surface area (Å²) in [5.41, 5.74) is 1.46. The fraction of sp³-hybridized carbons (Fsp3) is 0.538. The van der Waals surface area contributed by atoms with E-state index in [0.717, 1.165) is 5.56 Å². The van der Waals surface area contributed by atoms with Gasteiger partial charge in [0.2, 0.25) is 5.82 Å². The standard InChI is InChI=1S/C13H21N7O2/c1-9-12(20(21)22)13(19(5)16-9)14-7-11(17(2)3)10-6-15-18(4)8-10/h6,8,11,14H,7H2,1-5H3. The van der Waals surface area contributed by atoms with Crippen LogP contribution in [0.2, 0.25) is 0 Å². The molecule has 0 saturated heterocycles. The molecule has 0 amide bonds. The minimum atomic E-state index is -0.403. The number of hydrogen-bond donors (Lipinski definition) is 1. The molecule has 22 heavy (non-hydrogen) atoms. The van der Waals surface area contributed by atoms with E-state index in [1.807, 2.05) is 32.2 Å². The van der Waals surface area contributed by atoms with E-state index in [2.05, 4.69) is 15.5 Å². The Kier molecular flexibility index (Phi) is 4.45. The number of aryl methyl sites for hydroxylation is 3. The van der Waals surface area contributed by atoms with E-state index in [0.29, 0.717) is 18.1 Å². The van der Waals surface area contributed by atoms with E-state index in [4.69, 9.17) is 0 Å². The van der Waals surface area contributed by atoms with Crippen LogP contribution in [0.5, 0.6) is 0 Å². The number of nitro groups is 1. The molecule has 2 aromatic rings. The van der Waals surface area contributed by atoms with Crippen LogP contribution in [0.1, 0.15) is 17.3 Å². The maximum Gasteiger partial charge on any atom is 0.333 e. The van der Waals surface area contributed by atoms with E-state index in [1.54, 1.807) is 24.9 Å². The molecule has 9 nitrogen and oxygen atoms in total. The molecule has 0 aromatic carbocycles. The number of rotatable bonds is 6. The van der Waals surface area contributed by atoms with Crippen molar-refractivity contribution in [2.45, 2.75) is 13.0 Å². The van der Waals surface area contributed by atoms with Gasteiger partial charge in [0.05, 0.1) is 17.2 Å². The highest BCUT2D eigenvalue weighted by Crippen LogP contribution is 2.28. The number of anilines is 1. The lowest BCUT2D eigenvalue weighted by atomic mass is 10.1. The average molecular weight is 307 g/mol. The Balaban J connectivity index is 2.22. The normalized spacial score (nSPS) is 12.6. The Labute approximate surface area is 128 Å². The quantitative estimate of drug-likeness (QED) is 0.634. The third-order valence-corrected chi connectivity index (χ3v) is 3.57. The first-order chi connectivity index (χ1) is 10.3. The molecule has 0 aliphatic carbocycles. The second-order valence-electron chi connectivity index (χ2n) is 5.47. The largest absolute Gasteiger partial charge is 0.363 e. The molecule has 0 aliphatic rings. The van der Waals surface area contributed by atoms with Gasteiger partial charge in [-0.15, -0.1) is 0 Å². The van der Waals surface area contributed by atoms with Gasteiger partial charge in [-0.25, -0.2) is 4.68 Å². The number of hydrogen-bond acceptors (Lipinski definition) is 6. The van der Waals surface area contributed by atoms with Crippen molar-refractivity contribution < 1.29 is 4.92 Å². The zero-order valence-electron chi connectivity index (χ0n) is 13.4. The predicted molar refractivity (Wildman–Crippen MR) is 82.7 cm³/mol. The molecule has 1 unspecified atom stereocenters. The second-order valence-corrected chi connectivity index (χ2v) is 5.47. The van der Waals surface area contributed by atoms with Crippen LogP contribution in [0.4, 0.5) is 11.5 Å². The monoisotopic (exact) mass is 307 g/mol. The predicted octanol–water partition coefficient (Wildman–Crippen LogP) is 1.09. The van der Waals surface area contributed by atoms with Crippen LogP contribution in [0.25, 0.3) is 0 Å². The van der Waals surface area contributed by atoms with Crippen LogP contribution in [0, 0.1) is 17.0 Å². The van der Waals surface area contributed by atoms with Crippen LogP contribution in [0.15, 0.2) is 12.4 Å². The second kappa shape index (κ2) is 6.14. The van der Waals surface area contributed by atoms with Crippen LogP contribution < -0.4 is 5.32 Å². The smallest absolute Gasteiger partial charge is 0.333 e. The molecule has 0 radical (unpaired) electrons. The maximum absolute atomic E-state index is 11.2. The van der Waals surface area contributed by atoms with E-state index >= 15 is 0 Å². The Morgan fingerprint density at radius 1 is 1.45 bits per heavy atom. The summed E-state index contributed by atoms with van der Waals surface area (Å²) in [6, 6.07) is 0.0449. The molecule has 120 valence electrons. The van der Waals surface area contributed by atoms with Crippen LogP contribution >= 0.6 is 0 Å². The van der Waals surface area contributed by atoms with Gasteiger partial charge in [-0.1, -0.05) is 0 Å². The zero-order chi connectivity index (χ0) is 16.4. The third kappa shape index (κ3) is 3.08. The molecule has 9 heteroatoms. The van der Waals surface area contributed by atoms with Crippen molar-refractivity contribution in [3.8, 4) is 0 Å². The van der Waals surface area contributed by atoms with Gasteiger partial charge in [0.15, 0.2) is 0 Å². The van der Waals surface area contributed by atoms with Gasteiger partial charge in [0.1, 0.15) is 5.69 Å².